The molecule has 0 aliphatic heterocycles. The standard InChI is InChI=1S/C17H18F3N/c18-17(19,20)13-8-10-16(21,11-9-13)15-7-3-5-12-4-1-2-6-14(12)15/h1-7,13H,8-11,21H2. The zero-order chi connectivity index (χ0) is 15.1. The second-order valence-electron chi connectivity index (χ2n) is 6.00. The van der Waals surface area contributed by atoms with Crippen molar-refractivity contribution in [3.63, 3.8) is 0 Å². The fraction of sp³-hybridized carbons (Fsp3) is 0.412. The minimum absolute atomic E-state index is 0.114. The van der Waals surface area contributed by atoms with Crippen molar-refractivity contribution >= 4 is 10.8 Å². The first-order valence-corrected chi connectivity index (χ1v) is 7.24. The molecule has 2 N–H and O–H groups in total. The molecule has 1 saturated carbocycles. The average molecular weight is 293 g/mol. The lowest BCUT2D eigenvalue weighted by Gasteiger charge is -2.38. The third-order valence-corrected chi connectivity index (χ3v) is 4.67. The van der Waals surface area contributed by atoms with E-state index in [-0.39, 0.29) is 12.8 Å². The van der Waals surface area contributed by atoms with E-state index in [1.165, 1.54) is 0 Å². The van der Waals surface area contributed by atoms with Gasteiger partial charge in [0, 0.05) is 5.54 Å². The van der Waals surface area contributed by atoms with Crippen LogP contribution in [0.15, 0.2) is 42.5 Å². The zero-order valence-corrected chi connectivity index (χ0v) is 11.7. The fourth-order valence-corrected chi connectivity index (χ4v) is 3.39. The van der Waals surface area contributed by atoms with E-state index >= 15 is 0 Å². The third-order valence-electron chi connectivity index (χ3n) is 4.67. The summed E-state index contributed by atoms with van der Waals surface area (Å²) in [5, 5.41) is 2.13. The van der Waals surface area contributed by atoms with Gasteiger partial charge in [-0.1, -0.05) is 42.5 Å². The molecule has 2 aromatic rings. The molecule has 1 aliphatic carbocycles. The Balaban J connectivity index is 1.93. The number of alkyl halides is 3. The fourth-order valence-electron chi connectivity index (χ4n) is 3.39. The third kappa shape index (κ3) is 2.64. The first-order valence-electron chi connectivity index (χ1n) is 7.24. The van der Waals surface area contributed by atoms with Crippen LogP contribution in [0.25, 0.3) is 10.8 Å². The van der Waals surface area contributed by atoms with Crippen molar-refractivity contribution in [2.45, 2.75) is 37.4 Å². The highest BCUT2D eigenvalue weighted by molar-refractivity contribution is 5.86. The van der Waals surface area contributed by atoms with Crippen molar-refractivity contribution in [1.29, 1.82) is 0 Å². The van der Waals surface area contributed by atoms with E-state index < -0.39 is 17.6 Å². The van der Waals surface area contributed by atoms with Crippen LogP contribution in [0.2, 0.25) is 0 Å². The number of halogens is 3. The highest BCUT2D eigenvalue weighted by atomic mass is 19.4. The van der Waals surface area contributed by atoms with Gasteiger partial charge >= 0.3 is 6.18 Å². The van der Waals surface area contributed by atoms with Crippen LogP contribution in [0.4, 0.5) is 13.2 Å². The summed E-state index contributed by atoms with van der Waals surface area (Å²) in [5.41, 5.74) is 6.81. The Kier molecular flexibility index (Phi) is 3.44. The van der Waals surface area contributed by atoms with Gasteiger partial charge < -0.3 is 5.73 Å². The Morgan fingerprint density at radius 2 is 1.57 bits per heavy atom. The maximum atomic E-state index is 12.8. The summed E-state index contributed by atoms with van der Waals surface area (Å²) >= 11 is 0. The SMILES string of the molecule is NC1(c2cccc3ccccc23)CCC(C(F)(F)F)CC1. The van der Waals surface area contributed by atoms with E-state index in [4.69, 9.17) is 5.73 Å². The van der Waals surface area contributed by atoms with Crippen molar-refractivity contribution in [3.8, 4) is 0 Å². The Morgan fingerprint density at radius 1 is 0.952 bits per heavy atom. The molecule has 0 bridgehead atoms. The van der Waals surface area contributed by atoms with Gasteiger partial charge in [-0.3, -0.25) is 0 Å². The molecule has 4 heteroatoms. The van der Waals surface area contributed by atoms with Crippen molar-refractivity contribution in [2.75, 3.05) is 0 Å². The van der Waals surface area contributed by atoms with Crippen LogP contribution in [-0.4, -0.2) is 6.18 Å². The van der Waals surface area contributed by atoms with Crippen molar-refractivity contribution in [2.24, 2.45) is 11.7 Å². The highest BCUT2D eigenvalue weighted by Crippen LogP contribution is 2.45. The molecule has 0 radical (unpaired) electrons. The summed E-state index contributed by atoms with van der Waals surface area (Å²) in [6.45, 7) is 0. The monoisotopic (exact) mass is 293 g/mol. The number of hydrogen-bond donors (Lipinski definition) is 1. The lowest BCUT2D eigenvalue weighted by molar-refractivity contribution is -0.184. The Hall–Kier alpha value is -1.55. The van der Waals surface area contributed by atoms with Crippen LogP contribution < -0.4 is 5.73 Å². The molecule has 0 heterocycles. The molecule has 1 nitrogen and oxygen atoms in total. The molecular formula is C17H18F3N. The molecule has 0 atom stereocenters. The molecule has 0 unspecified atom stereocenters. The van der Waals surface area contributed by atoms with Crippen LogP contribution in [0.1, 0.15) is 31.2 Å². The predicted octanol–water partition coefficient (Wildman–Crippen LogP) is 4.75. The van der Waals surface area contributed by atoms with Gasteiger partial charge in [0.1, 0.15) is 0 Å². The van der Waals surface area contributed by atoms with Crippen LogP contribution in [0.5, 0.6) is 0 Å². The van der Waals surface area contributed by atoms with Crippen LogP contribution in [-0.2, 0) is 5.54 Å². The Labute approximate surface area is 121 Å². The van der Waals surface area contributed by atoms with E-state index in [0.717, 1.165) is 16.3 Å². The first kappa shape index (κ1) is 14.4. The second-order valence-corrected chi connectivity index (χ2v) is 6.00. The summed E-state index contributed by atoms with van der Waals surface area (Å²) < 4.78 is 38.4. The molecule has 21 heavy (non-hydrogen) atoms. The summed E-state index contributed by atoms with van der Waals surface area (Å²) in [6.07, 6.45) is -3.11. The number of fused-ring (bicyclic) bond motifs is 1. The quantitative estimate of drug-likeness (QED) is 0.807. The van der Waals surface area contributed by atoms with Gasteiger partial charge in [0.25, 0.3) is 0 Å². The minimum atomic E-state index is -4.10. The minimum Gasteiger partial charge on any atom is -0.321 e. The number of benzene rings is 2. The Morgan fingerprint density at radius 3 is 2.24 bits per heavy atom. The van der Waals surface area contributed by atoms with Gasteiger partial charge in [-0.25, -0.2) is 0 Å². The molecular weight excluding hydrogens is 275 g/mol. The van der Waals surface area contributed by atoms with Gasteiger partial charge in [0.15, 0.2) is 0 Å². The molecule has 2 aromatic carbocycles. The molecule has 3 rings (SSSR count). The summed E-state index contributed by atoms with van der Waals surface area (Å²) in [7, 11) is 0. The maximum absolute atomic E-state index is 12.8. The molecule has 0 spiro atoms. The van der Waals surface area contributed by atoms with Gasteiger partial charge in [-0.05, 0) is 42.0 Å². The normalized spacial score (nSPS) is 27.0. The molecule has 1 aliphatic rings. The molecule has 112 valence electrons. The van der Waals surface area contributed by atoms with E-state index in [9.17, 15) is 13.2 Å². The average Bonchev–Trinajstić information content (AvgIpc) is 2.46. The lowest BCUT2D eigenvalue weighted by Crippen LogP contribution is -2.43. The van der Waals surface area contributed by atoms with Crippen molar-refractivity contribution < 1.29 is 13.2 Å². The van der Waals surface area contributed by atoms with Gasteiger partial charge in [-0.15, -0.1) is 0 Å². The van der Waals surface area contributed by atoms with Crippen LogP contribution >= 0.6 is 0 Å². The van der Waals surface area contributed by atoms with E-state index in [0.29, 0.717) is 12.8 Å². The van der Waals surface area contributed by atoms with E-state index in [2.05, 4.69) is 0 Å². The molecule has 0 aromatic heterocycles. The number of nitrogens with two attached hydrogens (primary N) is 1. The number of rotatable bonds is 1. The van der Waals surface area contributed by atoms with Crippen LogP contribution in [0.3, 0.4) is 0 Å². The Bertz CT molecular complexity index is 635. The topological polar surface area (TPSA) is 26.0 Å². The van der Waals surface area contributed by atoms with Crippen molar-refractivity contribution in [1.82, 2.24) is 0 Å². The summed E-state index contributed by atoms with van der Waals surface area (Å²) in [4.78, 5) is 0. The molecule has 0 amide bonds. The van der Waals surface area contributed by atoms with E-state index in [1.807, 2.05) is 42.5 Å². The summed E-state index contributed by atoms with van der Waals surface area (Å²) in [6, 6.07) is 13.8. The molecule has 0 saturated heterocycles. The highest BCUT2D eigenvalue weighted by Gasteiger charge is 2.45. The summed E-state index contributed by atoms with van der Waals surface area (Å²) in [5.74, 6) is -1.20. The van der Waals surface area contributed by atoms with E-state index in [1.54, 1.807) is 0 Å². The lowest BCUT2D eigenvalue weighted by atomic mass is 9.72. The first-order chi connectivity index (χ1) is 9.90. The molecule has 1 fully saturated rings. The van der Waals surface area contributed by atoms with Crippen molar-refractivity contribution in [3.05, 3.63) is 48.0 Å². The second kappa shape index (κ2) is 5.02. The largest absolute Gasteiger partial charge is 0.391 e. The smallest absolute Gasteiger partial charge is 0.321 e. The van der Waals surface area contributed by atoms with Gasteiger partial charge in [0.2, 0.25) is 0 Å². The van der Waals surface area contributed by atoms with Crippen LogP contribution in [0, 0.1) is 5.92 Å². The maximum Gasteiger partial charge on any atom is 0.391 e. The number of hydrogen-bond acceptors (Lipinski definition) is 1. The predicted molar refractivity (Wildman–Crippen MR) is 77.8 cm³/mol. The zero-order valence-electron chi connectivity index (χ0n) is 11.7. The van der Waals surface area contributed by atoms with Gasteiger partial charge in [-0.2, -0.15) is 13.2 Å². The van der Waals surface area contributed by atoms with Gasteiger partial charge in [0.05, 0.1) is 5.92 Å².